The second-order valence-corrected chi connectivity index (χ2v) is 6.93. The van der Waals surface area contributed by atoms with E-state index in [1.165, 1.54) is 44.5 Å². The Bertz CT molecular complexity index is 230. The molecule has 0 radical (unpaired) electrons. The first-order chi connectivity index (χ1) is 7.31. The Morgan fingerprint density at radius 1 is 1.20 bits per heavy atom. The molecule has 3 atom stereocenters. The van der Waals surface area contributed by atoms with E-state index in [4.69, 9.17) is 0 Å². The van der Waals surface area contributed by atoms with Crippen LogP contribution in [0.1, 0.15) is 32.6 Å². The van der Waals surface area contributed by atoms with Crippen LogP contribution in [-0.2, 0) is 0 Å². The second-order valence-electron chi connectivity index (χ2n) is 5.45. The summed E-state index contributed by atoms with van der Waals surface area (Å²) in [6, 6.07) is 2.56. The highest BCUT2D eigenvalue weighted by Gasteiger charge is 2.35. The van der Waals surface area contributed by atoms with Gasteiger partial charge in [0.1, 0.15) is 0 Å². The zero-order valence-corrected chi connectivity index (χ0v) is 10.4. The first-order valence-electron chi connectivity index (χ1n) is 6.43. The highest BCUT2D eigenvalue weighted by molar-refractivity contribution is 8.00. The van der Waals surface area contributed by atoms with Gasteiger partial charge < -0.3 is 5.32 Å². The number of nitrogens with zero attached hydrogens (tertiary/aromatic N) is 1. The SMILES string of the molecule is CC1CC(NC2CCN(C3CC3)C2)CS1. The number of rotatable bonds is 3. The van der Waals surface area contributed by atoms with E-state index >= 15 is 0 Å². The molecule has 1 aliphatic carbocycles. The molecule has 2 aliphatic heterocycles. The molecule has 3 heteroatoms. The van der Waals surface area contributed by atoms with E-state index in [0.29, 0.717) is 0 Å². The van der Waals surface area contributed by atoms with Crippen LogP contribution in [0.4, 0.5) is 0 Å². The van der Waals surface area contributed by atoms with Crippen LogP contribution in [0, 0.1) is 0 Å². The maximum absolute atomic E-state index is 3.86. The summed E-state index contributed by atoms with van der Waals surface area (Å²) in [5.41, 5.74) is 0. The van der Waals surface area contributed by atoms with Crippen molar-refractivity contribution in [3.05, 3.63) is 0 Å². The van der Waals surface area contributed by atoms with Gasteiger partial charge in [-0.15, -0.1) is 0 Å². The van der Waals surface area contributed by atoms with Gasteiger partial charge in [0.25, 0.3) is 0 Å². The summed E-state index contributed by atoms with van der Waals surface area (Å²) in [5.74, 6) is 1.33. The van der Waals surface area contributed by atoms with E-state index in [1.54, 1.807) is 0 Å². The highest BCUT2D eigenvalue weighted by atomic mass is 32.2. The van der Waals surface area contributed by atoms with Crippen molar-refractivity contribution < 1.29 is 0 Å². The third-order valence-electron chi connectivity index (χ3n) is 3.95. The number of hydrogen-bond acceptors (Lipinski definition) is 3. The monoisotopic (exact) mass is 226 g/mol. The zero-order valence-electron chi connectivity index (χ0n) is 9.61. The van der Waals surface area contributed by atoms with Crippen molar-refractivity contribution in [3.63, 3.8) is 0 Å². The fourth-order valence-corrected chi connectivity index (χ4v) is 4.12. The van der Waals surface area contributed by atoms with E-state index in [9.17, 15) is 0 Å². The summed E-state index contributed by atoms with van der Waals surface area (Å²) < 4.78 is 0. The summed E-state index contributed by atoms with van der Waals surface area (Å²) >= 11 is 2.13. The van der Waals surface area contributed by atoms with Crippen LogP contribution in [-0.4, -0.2) is 47.1 Å². The average Bonchev–Trinajstić information content (AvgIpc) is 2.84. The minimum atomic E-state index is 0.793. The third-order valence-corrected chi connectivity index (χ3v) is 5.31. The highest BCUT2D eigenvalue weighted by Crippen LogP contribution is 2.31. The molecular formula is C12H22N2S. The molecule has 3 rings (SSSR count). The summed E-state index contributed by atoms with van der Waals surface area (Å²) in [7, 11) is 0. The molecule has 3 unspecified atom stereocenters. The van der Waals surface area contributed by atoms with E-state index in [0.717, 1.165) is 23.4 Å². The van der Waals surface area contributed by atoms with Crippen molar-refractivity contribution in [3.8, 4) is 0 Å². The molecule has 0 amide bonds. The quantitative estimate of drug-likeness (QED) is 0.788. The van der Waals surface area contributed by atoms with E-state index in [2.05, 4.69) is 28.9 Å². The predicted octanol–water partition coefficient (Wildman–Crippen LogP) is 1.71. The summed E-state index contributed by atoms with van der Waals surface area (Å²) in [6.45, 7) is 5.02. The predicted molar refractivity (Wildman–Crippen MR) is 66.5 cm³/mol. The van der Waals surface area contributed by atoms with Gasteiger partial charge in [-0.05, 0) is 25.7 Å². The Morgan fingerprint density at radius 3 is 2.73 bits per heavy atom. The third kappa shape index (κ3) is 2.51. The van der Waals surface area contributed by atoms with Gasteiger partial charge in [-0.25, -0.2) is 0 Å². The van der Waals surface area contributed by atoms with Crippen molar-refractivity contribution in [1.29, 1.82) is 0 Å². The lowest BCUT2D eigenvalue weighted by Crippen LogP contribution is -2.40. The Morgan fingerprint density at radius 2 is 2.07 bits per heavy atom. The Balaban J connectivity index is 1.44. The van der Waals surface area contributed by atoms with Crippen LogP contribution in [0.25, 0.3) is 0 Å². The maximum Gasteiger partial charge on any atom is 0.0210 e. The normalized spacial score (nSPS) is 42.6. The molecule has 3 fully saturated rings. The second kappa shape index (κ2) is 4.27. The van der Waals surface area contributed by atoms with Crippen LogP contribution in [0.2, 0.25) is 0 Å². The van der Waals surface area contributed by atoms with Gasteiger partial charge in [-0.1, -0.05) is 6.92 Å². The van der Waals surface area contributed by atoms with Crippen LogP contribution < -0.4 is 5.32 Å². The van der Waals surface area contributed by atoms with Gasteiger partial charge in [0.15, 0.2) is 0 Å². The molecule has 1 N–H and O–H groups in total. The van der Waals surface area contributed by atoms with Gasteiger partial charge in [0, 0.05) is 42.2 Å². The van der Waals surface area contributed by atoms with Crippen molar-refractivity contribution in [1.82, 2.24) is 10.2 Å². The molecule has 0 aromatic heterocycles. The van der Waals surface area contributed by atoms with Crippen LogP contribution in [0.15, 0.2) is 0 Å². The fraction of sp³-hybridized carbons (Fsp3) is 1.00. The number of hydrogen-bond donors (Lipinski definition) is 1. The van der Waals surface area contributed by atoms with E-state index in [-0.39, 0.29) is 0 Å². The summed E-state index contributed by atoms with van der Waals surface area (Å²) in [4.78, 5) is 2.70. The largest absolute Gasteiger partial charge is 0.309 e. The standard InChI is InChI=1S/C12H22N2S/c1-9-6-11(8-15-9)13-10-4-5-14(7-10)12-2-3-12/h9-13H,2-8H2,1H3. The van der Waals surface area contributed by atoms with Gasteiger partial charge >= 0.3 is 0 Å². The Hall–Kier alpha value is 0.270. The molecule has 2 saturated heterocycles. The Kier molecular flexibility index (Phi) is 2.97. The van der Waals surface area contributed by atoms with Gasteiger partial charge in [-0.2, -0.15) is 11.8 Å². The van der Waals surface area contributed by atoms with Crippen LogP contribution in [0.5, 0.6) is 0 Å². The average molecular weight is 226 g/mol. The number of nitrogens with one attached hydrogen (secondary N) is 1. The van der Waals surface area contributed by atoms with Gasteiger partial charge in [-0.3, -0.25) is 4.90 Å². The molecule has 0 bridgehead atoms. The first kappa shape index (κ1) is 10.4. The molecule has 86 valence electrons. The molecule has 3 aliphatic rings. The zero-order chi connectivity index (χ0) is 10.3. The maximum atomic E-state index is 3.86. The minimum absolute atomic E-state index is 0.793. The molecular weight excluding hydrogens is 204 g/mol. The van der Waals surface area contributed by atoms with E-state index < -0.39 is 0 Å². The van der Waals surface area contributed by atoms with Gasteiger partial charge in [0.2, 0.25) is 0 Å². The molecule has 0 aromatic rings. The van der Waals surface area contributed by atoms with Crippen LogP contribution in [0.3, 0.4) is 0 Å². The molecule has 15 heavy (non-hydrogen) atoms. The molecule has 2 nitrogen and oxygen atoms in total. The fourth-order valence-electron chi connectivity index (χ4n) is 2.96. The molecule has 0 aromatic carbocycles. The first-order valence-corrected chi connectivity index (χ1v) is 7.48. The Labute approximate surface area is 97.2 Å². The molecule has 2 heterocycles. The van der Waals surface area contributed by atoms with Crippen molar-refractivity contribution in [2.24, 2.45) is 0 Å². The smallest absolute Gasteiger partial charge is 0.0210 e. The number of thioether (sulfide) groups is 1. The van der Waals surface area contributed by atoms with E-state index in [1.807, 2.05) is 0 Å². The minimum Gasteiger partial charge on any atom is -0.309 e. The van der Waals surface area contributed by atoms with Crippen molar-refractivity contribution >= 4 is 11.8 Å². The van der Waals surface area contributed by atoms with Gasteiger partial charge in [0.05, 0.1) is 0 Å². The van der Waals surface area contributed by atoms with Crippen LogP contribution >= 0.6 is 11.8 Å². The lowest BCUT2D eigenvalue weighted by Gasteiger charge is -2.19. The summed E-state index contributed by atoms with van der Waals surface area (Å²) in [6.07, 6.45) is 5.68. The lowest BCUT2D eigenvalue weighted by atomic mass is 10.1. The summed E-state index contributed by atoms with van der Waals surface area (Å²) in [5, 5.41) is 4.74. The van der Waals surface area contributed by atoms with Crippen molar-refractivity contribution in [2.75, 3.05) is 18.8 Å². The molecule has 1 saturated carbocycles. The topological polar surface area (TPSA) is 15.3 Å². The lowest BCUT2D eigenvalue weighted by molar-refractivity contribution is 0.313. The van der Waals surface area contributed by atoms with Crippen molar-refractivity contribution in [2.45, 2.75) is 56.0 Å². The number of likely N-dealkylation sites (tertiary alicyclic amines) is 1. The molecule has 0 spiro atoms.